The lowest BCUT2D eigenvalue weighted by atomic mass is 9.99. The van der Waals surface area contributed by atoms with Crippen molar-refractivity contribution >= 4 is 39.5 Å². The van der Waals surface area contributed by atoms with Crippen molar-refractivity contribution in [2.24, 2.45) is 17.8 Å². The number of aliphatic hydroxyl groups is 1. The van der Waals surface area contributed by atoms with E-state index in [1.54, 1.807) is 0 Å². The zero-order valence-electron chi connectivity index (χ0n) is 59.3. The summed E-state index contributed by atoms with van der Waals surface area (Å²) in [6.45, 7) is 11.9. The van der Waals surface area contributed by atoms with Gasteiger partial charge < -0.3 is 33.8 Å². The molecular weight excluding hydrogens is 1200 g/mol. The molecule has 0 amide bonds. The fraction of sp³-hybridized carbons (Fsp3) is 0.944. The Labute approximate surface area is 556 Å². The monoisotopic (exact) mass is 1340 g/mol. The Morgan fingerprint density at radius 2 is 0.560 bits per heavy atom. The van der Waals surface area contributed by atoms with E-state index in [0.29, 0.717) is 31.6 Å². The first kappa shape index (κ1) is 89.1. The van der Waals surface area contributed by atoms with E-state index in [1.165, 1.54) is 167 Å². The molecule has 0 fully saturated rings. The molecule has 3 N–H and O–H groups in total. The summed E-state index contributed by atoms with van der Waals surface area (Å²) in [5.74, 6) is 0.195. The summed E-state index contributed by atoms with van der Waals surface area (Å²) in [5, 5.41) is 10.6. The van der Waals surface area contributed by atoms with Gasteiger partial charge in [0.15, 0.2) is 12.2 Å². The quantitative estimate of drug-likeness (QED) is 0.0222. The SMILES string of the molecule is CCCCCCCCCCCCCCCC(=O)O[C@H](COC(=O)CCCCCCCCCC(C)C)COP(=O)(O)OC[C@H](O)COP(=O)(O)OC[C@@H](COC(=O)CCCCCCCCCCCCC(C)CC)OC(=O)CCCCCCCCCCCCC(C)CC. The fourth-order valence-electron chi connectivity index (χ4n) is 10.8. The minimum atomic E-state index is -4.95. The Morgan fingerprint density at radius 1 is 0.319 bits per heavy atom. The van der Waals surface area contributed by atoms with Crippen LogP contribution in [0.2, 0.25) is 0 Å². The number of carbonyl (C=O) groups excluding carboxylic acids is 4. The van der Waals surface area contributed by atoms with Crippen molar-refractivity contribution in [3.63, 3.8) is 0 Å². The number of unbranched alkanes of at least 4 members (excludes halogenated alkanes) is 36. The number of ether oxygens (including phenoxy) is 4. The molecule has 0 aliphatic carbocycles. The van der Waals surface area contributed by atoms with Gasteiger partial charge in [0.2, 0.25) is 0 Å². The summed E-state index contributed by atoms with van der Waals surface area (Å²) < 4.78 is 68.4. The van der Waals surface area contributed by atoms with Gasteiger partial charge in [0.05, 0.1) is 26.4 Å². The van der Waals surface area contributed by atoms with Gasteiger partial charge in [0.25, 0.3) is 0 Å². The van der Waals surface area contributed by atoms with Crippen LogP contribution < -0.4 is 0 Å². The molecule has 17 nitrogen and oxygen atoms in total. The molecule has 91 heavy (non-hydrogen) atoms. The first-order chi connectivity index (χ1) is 43.8. The molecule has 0 aromatic heterocycles. The molecule has 0 aromatic rings. The fourth-order valence-corrected chi connectivity index (χ4v) is 12.4. The molecule has 0 heterocycles. The molecule has 7 atom stereocenters. The third-order valence-corrected chi connectivity index (χ3v) is 19.3. The second kappa shape index (κ2) is 62.8. The van der Waals surface area contributed by atoms with E-state index in [2.05, 4.69) is 48.5 Å². The third-order valence-electron chi connectivity index (χ3n) is 17.4. The van der Waals surface area contributed by atoms with Crippen LogP contribution in [0.1, 0.15) is 363 Å². The molecule has 0 radical (unpaired) electrons. The molecule has 19 heteroatoms. The van der Waals surface area contributed by atoms with Crippen LogP contribution in [-0.2, 0) is 65.4 Å². The van der Waals surface area contributed by atoms with Gasteiger partial charge in [-0.3, -0.25) is 37.3 Å². The van der Waals surface area contributed by atoms with E-state index in [9.17, 15) is 43.2 Å². The van der Waals surface area contributed by atoms with Crippen LogP contribution in [0, 0.1) is 17.8 Å². The van der Waals surface area contributed by atoms with Crippen molar-refractivity contribution in [2.75, 3.05) is 39.6 Å². The number of phosphoric acid groups is 2. The smallest absolute Gasteiger partial charge is 0.462 e. The molecule has 0 rings (SSSR count). The first-order valence-electron chi connectivity index (χ1n) is 37.4. The normalized spacial score (nSPS) is 14.8. The molecule has 540 valence electrons. The van der Waals surface area contributed by atoms with Crippen LogP contribution >= 0.6 is 15.6 Å². The number of hydrogen-bond acceptors (Lipinski definition) is 15. The minimum Gasteiger partial charge on any atom is -0.462 e. The van der Waals surface area contributed by atoms with E-state index in [0.717, 1.165) is 108 Å². The van der Waals surface area contributed by atoms with E-state index in [1.807, 2.05) is 0 Å². The van der Waals surface area contributed by atoms with Crippen molar-refractivity contribution in [3.8, 4) is 0 Å². The van der Waals surface area contributed by atoms with Gasteiger partial charge in [0, 0.05) is 25.7 Å². The van der Waals surface area contributed by atoms with Gasteiger partial charge in [0.1, 0.15) is 19.3 Å². The Bertz CT molecular complexity index is 1790. The number of aliphatic hydroxyl groups excluding tert-OH is 1. The summed E-state index contributed by atoms with van der Waals surface area (Å²) in [4.78, 5) is 72.6. The molecule has 0 aromatic carbocycles. The van der Waals surface area contributed by atoms with Crippen molar-refractivity contribution < 1.29 is 80.2 Å². The Kier molecular flexibility index (Phi) is 61.5. The van der Waals surface area contributed by atoms with E-state index in [-0.39, 0.29) is 25.7 Å². The summed E-state index contributed by atoms with van der Waals surface area (Å²) in [7, 11) is -9.91. The predicted molar refractivity (Wildman–Crippen MR) is 368 cm³/mol. The summed E-state index contributed by atoms with van der Waals surface area (Å²) in [5.41, 5.74) is 0. The van der Waals surface area contributed by atoms with Gasteiger partial charge in [-0.05, 0) is 43.4 Å². The number of hydrogen-bond donors (Lipinski definition) is 3. The lowest BCUT2D eigenvalue weighted by Crippen LogP contribution is -2.30. The summed E-state index contributed by atoms with van der Waals surface area (Å²) in [6.07, 6.45) is 47.0. The number of esters is 4. The van der Waals surface area contributed by atoms with Gasteiger partial charge in [-0.15, -0.1) is 0 Å². The van der Waals surface area contributed by atoms with E-state index < -0.39 is 97.5 Å². The molecule has 0 bridgehead atoms. The molecular formula is C72H140O17P2. The molecule has 0 spiro atoms. The van der Waals surface area contributed by atoms with Crippen LogP contribution in [-0.4, -0.2) is 96.7 Å². The van der Waals surface area contributed by atoms with Crippen molar-refractivity contribution in [1.29, 1.82) is 0 Å². The lowest BCUT2D eigenvalue weighted by Gasteiger charge is -2.21. The highest BCUT2D eigenvalue weighted by Gasteiger charge is 2.30. The highest BCUT2D eigenvalue weighted by Crippen LogP contribution is 2.45. The topological polar surface area (TPSA) is 237 Å². The molecule has 0 aliphatic rings. The highest BCUT2D eigenvalue weighted by atomic mass is 31.2. The maximum absolute atomic E-state index is 13.0. The van der Waals surface area contributed by atoms with Gasteiger partial charge >= 0.3 is 39.5 Å². The minimum absolute atomic E-state index is 0.106. The number of carbonyl (C=O) groups is 4. The predicted octanol–water partition coefficient (Wildman–Crippen LogP) is 20.6. The molecule has 0 saturated heterocycles. The average Bonchev–Trinajstić information content (AvgIpc) is 3.70. The van der Waals surface area contributed by atoms with Gasteiger partial charge in [-0.1, -0.05) is 312 Å². The average molecular weight is 1340 g/mol. The van der Waals surface area contributed by atoms with Crippen LogP contribution in [0.4, 0.5) is 0 Å². The lowest BCUT2D eigenvalue weighted by molar-refractivity contribution is -0.161. The van der Waals surface area contributed by atoms with E-state index in [4.69, 9.17) is 37.0 Å². The zero-order chi connectivity index (χ0) is 67.3. The third kappa shape index (κ3) is 63.9. The van der Waals surface area contributed by atoms with Crippen LogP contribution in [0.15, 0.2) is 0 Å². The zero-order valence-corrected chi connectivity index (χ0v) is 61.1. The second-order valence-electron chi connectivity index (χ2n) is 26.9. The maximum atomic E-state index is 13.0. The molecule has 4 unspecified atom stereocenters. The van der Waals surface area contributed by atoms with Crippen LogP contribution in [0.5, 0.6) is 0 Å². The van der Waals surface area contributed by atoms with Crippen molar-refractivity contribution in [2.45, 2.75) is 381 Å². The Balaban J connectivity index is 5.27. The number of phosphoric ester groups is 2. The second-order valence-corrected chi connectivity index (χ2v) is 29.8. The first-order valence-corrected chi connectivity index (χ1v) is 40.4. The van der Waals surface area contributed by atoms with Crippen LogP contribution in [0.25, 0.3) is 0 Å². The van der Waals surface area contributed by atoms with Crippen molar-refractivity contribution in [3.05, 3.63) is 0 Å². The maximum Gasteiger partial charge on any atom is 0.472 e. The van der Waals surface area contributed by atoms with E-state index >= 15 is 0 Å². The molecule has 0 saturated carbocycles. The Morgan fingerprint density at radius 3 is 0.835 bits per heavy atom. The summed E-state index contributed by atoms with van der Waals surface area (Å²) in [6, 6.07) is 0. The highest BCUT2D eigenvalue weighted by molar-refractivity contribution is 7.47. The van der Waals surface area contributed by atoms with Crippen LogP contribution in [0.3, 0.4) is 0 Å². The summed E-state index contributed by atoms with van der Waals surface area (Å²) >= 11 is 0. The van der Waals surface area contributed by atoms with Gasteiger partial charge in [-0.2, -0.15) is 0 Å². The van der Waals surface area contributed by atoms with Gasteiger partial charge in [-0.25, -0.2) is 9.13 Å². The standard InChI is InChI=1S/C72H140O17P2/c1-8-11-12-13-14-15-16-17-18-26-33-41-48-55-71(76)89-68(60-83-70(75)54-47-40-35-28-29-36-43-50-63(4)5)62-87-91(80,81)85-58-66(73)57-84-90(78,79)86-61-67(88-72(77)56-49-42-34-27-22-20-24-31-38-45-52-65(7)10-3)59-82-69(74)53-46-39-32-25-21-19-23-30-37-44-51-64(6)9-2/h63-68,73H,8-62H2,1-7H3,(H,78,79)(H,80,81)/t64?,65?,66-,67-,68-/m1/s1. The molecule has 0 aliphatic heterocycles. The largest absolute Gasteiger partial charge is 0.472 e. The van der Waals surface area contributed by atoms with Crippen molar-refractivity contribution in [1.82, 2.24) is 0 Å². The Hall–Kier alpha value is -1.94. The number of rotatable bonds is 70.